The van der Waals surface area contributed by atoms with Crippen LogP contribution in [0.25, 0.3) is 0 Å². The van der Waals surface area contributed by atoms with E-state index in [1.165, 1.54) is 29.7 Å². The molecule has 108 valence electrons. The Hall–Kier alpha value is -1.85. The Kier molecular flexibility index (Phi) is 3.95. The molecule has 5 heteroatoms. The van der Waals surface area contributed by atoms with Gasteiger partial charge in [-0.25, -0.2) is 4.39 Å². The first-order valence-electron chi connectivity index (χ1n) is 7.02. The van der Waals surface area contributed by atoms with Crippen LogP contribution in [0.15, 0.2) is 36.4 Å². The summed E-state index contributed by atoms with van der Waals surface area (Å²) >= 11 is 0. The maximum Gasteiger partial charge on any atom is 0.492 e. The molecule has 21 heavy (non-hydrogen) atoms. The fourth-order valence-electron chi connectivity index (χ4n) is 2.73. The summed E-state index contributed by atoms with van der Waals surface area (Å²) in [6.45, 7) is 0.318. The van der Waals surface area contributed by atoms with Crippen molar-refractivity contribution >= 4 is 12.6 Å². The summed E-state index contributed by atoms with van der Waals surface area (Å²) in [4.78, 5) is 0. The van der Waals surface area contributed by atoms with Crippen molar-refractivity contribution in [2.75, 3.05) is 0 Å². The largest absolute Gasteiger partial charge is 0.492 e. The van der Waals surface area contributed by atoms with Gasteiger partial charge in [-0.1, -0.05) is 18.2 Å². The van der Waals surface area contributed by atoms with Gasteiger partial charge in [-0.05, 0) is 54.2 Å². The molecule has 0 bridgehead atoms. The minimum atomic E-state index is -1.75. The molecule has 0 amide bonds. The van der Waals surface area contributed by atoms with E-state index in [2.05, 4.69) is 12.1 Å². The summed E-state index contributed by atoms with van der Waals surface area (Å²) in [5.41, 5.74) is 3.82. The maximum absolute atomic E-state index is 13.1. The van der Waals surface area contributed by atoms with Gasteiger partial charge in [-0.15, -0.1) is 0 Å². The van der Waals surface area contributed by atoms with E-state index in [1.54, 1.807) is 0 Å². The van der Waals surface area contributed by atoms with Gasteiger partial charge in [-0.3, -0.25) is 0 Å². The fraction of sp³-hybridized carbons (Fsp3) is 0.250. The van der Waals surface area contributed by atoms with E-state index >= 15 is 0 Å². The second-order valence-electron chi connectivity index (χ2n) is 5.30. The number of ether oxygens (including phenoxy) is 1. The molecule has 0 saturated carbocycles. The molecule has 3 nitrogen and oxygen atoms in total. The highest BCUT2D eigenvalue weighted by Gasteiger charge is 2.18. The SMILES string of the molecule is OB(O)c1cc(F)ccc1OCc1ccc2c(c1)CCC2. The van der Waals surface area contributed by atoms with E-state index in [0.29, 0.717) is 6.61 Å². The quantitative estimate of drug-likeness (QED) is 0.839. The van der Waals surface area contributed by atoms with Crippen molar-refractivity contribution in [1.29, 1.82) is 0 Å². The van der Waals surface area contributed by atoms with Crippen LogP contribution in [0.3, 0.4) is 0 Å². The Labute approximate surface area is 123 Å². The molecule has 2 aromatic carbocycles. The van der Waals surface area contributed by atoms with Crippen molar-refractivity contribution < 1.29 is 19.2 Å². The monoisotopic (exact) mass is 286 g/mol. The molecule has 3 rings (SSSR count). The van der Waals surface area contributed by atoms with E-state index in [0.717, 1.165) is 24.5 Å². The van der Waals surface area contributed by atoms with Crippen molar-refractivity contribution in [2.24, 2.45) is 0 Å². The zero-order chi connectivity index (χ0) is 14.8. The lowest BCUT2D eigenvalue weighted by Crippen LogP contribution is -2.31. The predicted molar refractivity (Wildman–Crippen MR) is 79.0 cm³/mol. The average Bonchev–Trinajstić information content (AvgIpc) is 2.93. The van der Waals surface area contributed by atoms with Crippen molar-refractivity contribution in [3.63, 3.8) is 0 Å². The summed E-state index contributed by atoms with van der Waals surface area (Å²) in [6.07, 6.45) is 3.42. The number of benzene rings is 2. The molecule has 0 radical (unpaired) electrons. The molecular formula is C16H16BFO3. The first kappa shape index (κ1) is 14.1. The summed E-state index contributed by atoms with van der Waals surface area (Å²) in [5, 5.41) is 18.5. The third-order valence-electron chi connectivity index (χ3n) is 3.81. The second kappa shape index (κ2) is 5.88. The number of aryl methyl sites for hydroxylation is 2. The Morgan fingerprint density at radius 2 is 1.86 bits per heavy atom. The van der Waals surface area contributed by atoms with Crippen molar-refractivity contribution in [2.45, 2.75) is 25.9 Å². The molecule has 2 aromatic rings. The van der Waals surface area contributed by atoms with Gasteiger partial charge in [0.1, 0.15) is 18.2 Å². The smallest absolute Gasteiger partial charge is 0.489 e. The normalized spacial score (nSPS) is 13.1. The molecule has 0 spiro atoms. The number of hydrogen-bond acceptors (Lipinski definition) is 3. The first-order chi connectivity index (χ1) is 10.1. The highest BCUT2D eigenvalue weighted by atomic mass is 19.1. The molecule has 1 aliphatic rings. The van der Waals surface area contributed by atoms with Crippen LogP contribution in [0.4, 0.5) is 4.39 Å². The number of halogens is 1. The predicted octanol–water partition coefficient (Wildman–Crippen LogP) is 1.57. The standard InChI is InChI=1S/C16H16BFO3/c18-14-6-7-16(15(9-14)17(19)20)21-10-11-4-5-12-2-1-3-13(12)8-11/h4-9,19-20H,1-3,10H2. The van der Waals surface area contributed by atoms with Gasteiger partial charge in [0.05, 0.1) is 0 Å². The van der Waals surface area contributed by atoms with E-state index in [1.807, 2.05) is 6.07 Å². The van der Waals surface area contributed by atoms with Crippen LogP contribution in [0.2, 0.25) is 0 Å². The lowest BCUT2D eigenvalue weighted by molar-refractivity contribution is 0.306. The molecule has 0 heterocycles. The summed E-state index contributed by atoms with van der Waals surface area (Å²) < 4.78 is 18.8. The summed E-state index contributed by atoms with van der Waals surface area (Å²) in [7, 11) is -1.75. The van der Waals surface area contributed by atoms with Crippen LogP contribution in [-0.2, 0) is 19.4 Å². The van der Waals surface area contributed by atoms with Gasteiger partial charge in [0.15, 0.2) is 0 Å². The zero-order valence-corrected chi connectivity index (χ0v) is 11.6. The van der Waals surface area contributed by atoms with Gasteiger partial charge < -0.3 is 14.8 Å². The lowest BCUT2D eigenvalue weighted by atomic mass is 9.79. The van der Waals surface area contributed by atoms with Crippen LogP contribution in [0.5, 0.6) is 5.75 Å². The highest BCUT2D eigenvalue weighted by Crippen LogP contribution is 2.23. The van der Waals surface area contributed by atoms with Crippen LogP contribution in [0.1, 0.15) is 23.1 Å². The maximum atomic E-state index is 13.1. The van der Waals surface area contributed by atoms with Gasteiger partial charge in [0.2, 0.25) is 0 Å². The van der Waals surface area contributed by atoms with Gasteiger partial charge in [0, 0.05) is 5.46 Å². The average molecular weight is 286 g/mol. The minimum Gasteiger partial charge on any atom is -0.489 e. The van der Waals surface area contributed by atoms with E-state index < -0.39 is 12.9 Å². The summed E-state index contributed by atoms with van der Waals surface area (Å²) in [5.74, 6) is -0.241. The van der Waals surface area contributed by atoms with Crippen LogP contribution in [-0.4, -0.2) is 17.2 Å². The second-order valence-corrected chi connectivity index (χ2v) is 5.30. The third-order valence-corrected chi connectivity index (χ3v) is 3.81. The van der Waals surface area contributed by atoms with Crippen molar-refractivity contribution in [3.05, 3.63) is 58.9 Å². The van der Waals surface area contributed by atoms with E-state index in [9.17, 15) is 14.4 Å². The molecule has 0 fully saturated rings. The van der Waals surface area contributed by atoms with Gasteiger partial charge >= 0.3 is 7.12 Å². The molecule has 2 N–H and O–H groups in total. The Morgan fingerprint density at radius 3 is 2.67 bits per heavy atom. The van der Waals surface area contributed by atoms with Gasteiger partial charge in [0.25, 0.3) is 0 Å². The molecular weight excluding hydrogens is 270 g/mol. The minimum absolute atomic E-state index is 0.0381. The third kappa shape index (κ3) is 3.09. The van der Waals surface area contributed by atoms with Crippen LogP contribution >= 0.6 is 0 Å². The zero-order valence-electron chi connectivity index (χ0n) is 11.6. The highest BCUT2D eigenvalue weighted by molar-refractivity contribution is 6.59. The topological polar surface area (TPSA) is 49.7 Å². The van der Waals surface area contributed by atoms with Crippen LogP contribution < -0.4 is 10.2 Å². The Balaban J connectivity index is 1.76. The number of hydrogen-bond donors (Lipinski definition) is 2. The number of rotatable bonds is 4. The summed E-state index contributed by atoms with van der Waals surface area (Å²) in [6, 6.07) is 9.99. The van der Waals surface area contributed by atoms with E-state index in [4.69, 9.17) is 4.74 Å². The van der Waals surface area contributed by atoms with E-state index in [-0.39, 0.29) is 11.2 Å². The fourth-order valence-corrected chi connectivity index (χ4v) is 2.73. The number of fused-ring (bicyclic) bond motifs is 1. The molecule has 0 aliphatic heterocycles. The molecule has 0 aromatic heterocycles. The van der Waals surface area contributed by atoms with Gasteiger partial charge in [-0.2, -0.15) is 0 Å². The van der Waals surface area contributed by atoms with Crippen molar-refractivity contribution in [1.82, 2.24) is 0 Å². The Bertz CT molecular complexity index is 658. The van der Waals surface area contributed by atoms with Crippen LogP contribution in [0, 0.1) is 5.82 Å². The molecule has 0 saturated heterocycles. The molecule has 0 atom stereocenters. The molecule has 0 unspecified atom stereocenters. The molecule has 1 aliphatic carbocycles. The first-order valence-corrected chi connectivity index (χ1v) is 7.02. The van der Waals surface area contributed by atoms with Crippen molar-refractivity contribution in [3.8, 4) is 5.75 Å². The lowest BCUT2D eigenvalue weighted by Gasteiger charge is -2.12. The Morgan fingerprint density at radius 1 is 1.05 bits per heavy atom.